The van der Waals surface area contributed by atoms with Crippen LogP contribution in [0.2, 0.25) is 0 Å². The third-order valence-electron chi connectivity index (χ3n) is 4.53. The highest BCUT2D eigenvalue weighted by atomic mass is 32.1. The van der Waals surface area contributed by atoms with Crippen LogP contribution in [0.15, 0.2) is 72.6 Å². The molecule has 1 aliphatic rings. The molecule has 1 amide bonds. The van der Waals surface area contributed by atoms with E-state index in [0.717, 1.165) is 5.56 Å². The van der Waals surface area contributed by atoms with E-state index in [4.69, 9.17) is 12.2 Å². The number of hydrogen-bond acceptors (Lipinski definition) is 4. The highest BCUT2D eigenvalue weighted by molar-refractivity contribution is 7.80. The molecule has 0 unspecified atom stereocenters. The van der Waals surface area contributed by atoms with Gasteiger partial charge in [-0.1, -0.05) is 18.2 Å². The minimum atomic E-state index is -0.439. The lowest BCUT2D eigenvalue weighted by atomic mass is 10.2. The molecule has 2 heterocycles. The molecule has 0 spiro atoms. The van der Waals surface area contributed by atoms with E-state index in [1.807, 2.05) is 37.3 Å². The first-order chi connectivity index (χ1) is 13.9. The summed E-state index contributed by atoms with van der Waals surface area (Å²) < 4.78 is 1.77. The van der Waals surface area contributed by atoms with Crippen molar-refractivity contribution in [3.8, 4) is 5.69 Å². The number of amides is 1. The maximum atomic E-state index is 13.0. The van der Waals surface area contributed by atoms with Gasteiger partial charge in [-0.15, -0.1) is 0 Å². The highest BCUT2D eigenvalue weighted by Gasteiger charge is 2.32. The van der Waals surface area contributed by atoms with Crippen LogP contribution in [-0.4, -0.2) is 20.5 Å². The number of carbonyl (C=O) groups is 1. The Morgan fingerprint density at radius 3 is 2.59 bits per heavy atom. The van der Waals surface area contributed by atoms with Gasteiger partial charge < -0.3 is 9.88 Å². The van der Waals surface area contributed by atoms with Crippen molar-refractivity contribution in [2.24, 2.45) is 0 Å². The van der Waals surface area contributed by atoms with Crippen LogP contribution in [0.25, 0.3) is 11.8 Å². The quantitative estimate of drug-likeness (QED) is 0.308. The van der Waals surface area contributed by atoms with Crippen molar-refractivity contribution in [1.82, 2.24) is 9.88 Å². The Balaban J connectivity index is 1.69. The number of hydrogen-bond donors (Lipinski definition) is 1. The Morgan fingerprint density at radius 1 is 1.07 bits per heavy atom. The number of rotatable bonds is 4. The standard InChI is InChI=1S/C21H16N4O3S/c1-14-5-2-7-17(11-14)24-20(26)19(22-21(24)29)13-16-9-4-10-23(16)15-6-3-8-18(12-15)25(27)28/h2-13H,1H3,(H,22,29)/b19-13+. The van der Waals surface area contributed by atoms with Gasteiger partial charge in [-0.2, -0.15) is 0 Å². The van der Waals surface area contributed by atoms with Crippen LogP contribution in [0.5, 0.6) is 0 Å². The van der Waals surface area contributed by atoms with Crippen molar-refractivity contribution in [2.45, 2.75) is 6.92 Å². The van der Waals surface area contributed by atoms with E-state index in [-0.39, 0.29) is 11.6 Å². The molecular weight excluding hydrogens is 388 g/mol. The predicted octanol–water partition coefficient (Wildman–Crippen LogP) is 3.96. The number of aromatic nitrogens is 1. The van der Waals surface area contributed by atoms with Crippen LogP contribution >= 0.6 is 12.2 Å². The number of thiocarbonyl (C=S) groups is 1. The molecule has 1 N–H and O–H groups in total. The lowest BCUT2D eigenvalue weighted by molar-refractivity contribution is -0.384. The van der Waals surface area contributed by atoms with Gasteiger partial charge >= 0.3 is 0 Å². The maximum Gasteiger partial charge on any atom is 0.281 e. The van der Waals surface area contributed by atoms with Gasteiger partial charge in [0.15, 0.2) is 5.11 Å². The van der Waals surface area contributed by atoms with Crippen LogP contribution < -0.4 is 10.2 Å². The molecule has 144 valence electrons. The molecule has 0 radical (unpaired) electrons. The molecule has 29 heavy (non-hydrogen) atoms. The average molecular weight is 404 g/mol. The van der Waals surface area contributed by atoms with Gasteiger partial charge in [0.1, 0.15) is 5.70 Å². The van der Waals surface area contributed by atoms with Gasteiger partial charge in [0.25, 0.3) is 11.6 Å². The number of nitro benzene ring substituents is 1. The fraction of sp³-hybridized carbons (Fsp3) is 0.0476. The number of aryl methyl sites for hydroxylation is 1. The Kier molecular flexibility index (Phi) is 4.69. The third kappa shape index (κ3) is 3.53. The van der Waals surface area contributed by atoms with Gasteiger partial charge in [-0.25, -0.2) is 0 Å². The van der Waals surface area contributed by atoms with Crippen LogP contribution in [0, 0.1) is 17.0 Å². The summed E-state index contributed by atoms with van der Waals surface area (Å²) in [5.74, 6) is -0.257. The van der Waals surface area contributed by atoms with Crippen molar-refractivity contribution in [3.63, 3.8) is 0 Å². The Morgan fingerprint density at radius 2 is 1.83 bits per heavy atom. The molecule has 0 bridgehead atoms. The molecule has 0 aliphatic carbocycles. The fourth-order valence-corrected chi connectivity index (χ4v) is 3.49. The molecule has 1 fully saturated rings. The predicted molar refractivity (Wildman–Crippen MR) is 115 cm³/mol. The van der Waals surface area contributed by atoms with Gasteiger partial charge in [0.05, 0.1) is 16.3 Å². The first-order valence-electron chi connectivity index (χ1n) is 8.80. The second-order valence-corrected chi connectivity index (χ2v) is 6.93. The molecule has 0 atom stereocenters. The van der Waals surface area contributed by atoms with E-state index < -0.39 is 4.92 Å². The number of benzene rings is 2. The van der Waals surface area contributed by atoms with E-state index in [1.54, 1.807) is 35.0 Å². The average Bonchev–Trinajstić information content (AvgIpc) is 3.26. The molecule has 1 saturated heterocycles. The molecule has 8 heteroatoms. The SMILES string of the molecule is Cc1cccc(N2C(=O)/C(=C\c3cccn3-c3cccc([N+](=O)[O-])c3)NC2=S)c1. The van der Waals surface area contributed by atoms with Crippen LogP contribution in [0.1, 0.15) is 11.3 Å². The van der Waals surface area contributed by atoms with Gasteiger partial charge in [0, 0.05) is 24.0 Å². The molecule has 1 aliphatic heterocycles. The summed E-state index contributed by atoms with van der Waals surface area (Å²) in [6.45, 7) is 1.95. The van der Waals surface area contributed by atoms with Crippen LogP contribution in [0.3, 0.4) is 0 Å². The number of nitro groups is 1. The lowest BCUT2D eigenvalue weighted by Gasteiger charge is -2.14. The minimum Gasteiger partial charge on any atom is -0.327 e. The summed E-state index contributed by atoms with van der Waals surface area (Å²) in [5.41, 5.74) is 3.37. The van der Waals surface area contributed by atoms with Gasteiger partial charge in [0.2, 0.25) is 0 Å². The Hall–Kier alpha value is -3.78. The summed E-state index contributed by atoms with van der Waals surface area (Å²) in [5, 5.41) is 14.3. The molecule has 0 saturated carbocycles. The second-order valence-electron chi connectivity index (χ2n) is 6.55. The molecular formula is C21H16N4O3S. The first kappa shape index (κ1) is 18.6. The number of nitrogens with one attached hydrogen (secondary N) is 1. The monoisotopic (exact) mass is 404 g/mol. The lowest BCUT2D eigenvalue weighted by Crippen LogP contribution is -2.30. The van der Waals surface area contributed by atoms with E-state index in [2.05, 4.69) is 5.32 Å². The summed E-state index contributed by atoms with van der Waals surface area (Å²) in [6.07, 6.45) is 3.46. The van der Waals surface area contributed by atoms with E-state index in [1.165, 1.54) is 17.0 Å². The van der Waals surface area contributed by atoms with Gasteiger partial charge in [-0.05, 0) is 61.1 Å². The maximum absolute atomic E-state index is 13.0. The molecule has 7 nitrogen and oxygen atoms in total. The van der Waals surface area contributed by atoms with Crippen molar-refractivity contribution < 1.29 is 9.72 Å². The van der Waals surface area contributed by atoms with Gasteiger partial charge in [-0.3, -0.25) is 19.8 Å². The van der Waals surface area contributed by atoms with E-state index >= 15 is 0 Å². The van der Waals surface area contributed by atoms with Crippen molar-refractivity contribution in [1.29, 1.82) is 0 Å². The minimum absolute atomic E-state index is 0.00308. The smallest absolute Gasteiger partial charge is 0.281 e. The molecule has 4 rings (SSSR count). The zero-order valence-electron chi connectivity index (χ0n) is 15.4. The Labute approximate surface area is 172 Å². The summed E-state index contributed by atoms with van der Waals surface area (Å²) in [6, 6.07) is 17.5. The third-order valence-corrected chi connectivity index (χ3v) is 4.81. The summed E-state index contributed by atoms with van der Waals surface area (Å²) in [7, 11) is 0. The molecule has 1 aromatic heterocycles. The second kappa shape index (κ2) is 7.33. The molecule has 3 aromatic rings. The topological polar surface area (TPSA) is 80.4 Å². The number of nitrogens with zero attached hydrogens (tertiary/aromatic N) is 3. The van der Waals surface area contributed by atoms with Crippen LogP contribution in [0.4, 0.5) is 11.4 Å². The van der Waals surface area contributed by atoms with Crippen molar-refractivity contribution >= 4 is 40.7 Å². The van der Waals surface area contributed by atoms with E-state index in [9.17, 15) is 14.9 Å². The first-order valence-corrected chi connectivity index (χ1v) is 9.21. The number of carbonyl (C=O) groups excluding carboxylic acids is 1. The normalized spacial score (nSPS) is 15.1. The number of anilines is 1. The summed E-state index contributed by atoms with van der Waals surface area (Å²) in [4.78, 5) is 25.0. The Bertz CT molecular complexity index is 1180. The number of non-ortho nitro benzene ring substituents is 1. The van der Waals surface area contributed by atoms with E-state index in [0.29, 0.717) is 27.9 Å². The van der Waals surface area contributed by atoms with Crippen molar-refractivity contribution in [2.75, 3.05) is 4.90 Å². The largest absolute Gasteiger partial charge is 0.327 e. The molecule has 2 aromatic carbocycles. The van der Waals surface area contributed by atoms with Crippen molar-refractivity contribution in [3.05, 3.63) is 93.9 Å². The van der Waals surface area contributed by atoms with Crippen LogP contribution in [-0.2, 0) is 4.79 Å². The fourth-order valence-electron chi connectivity index (χ4n) is 3.19. The summed E-state index contributed by atoms with van der Waals surface area (Å²) >= 11 is 5.36. The highest BCUT2D eigenvalue weighted by Crippen LogP contribution is 2.25. The zero-order valence-corrected chi connectivity index (χ0v) is 16.2. The zero-order chi connectivity index (χ0) is 20.5.